The standard InChI is InChI=1S/C25H42N2O3/c1-2-3-4-5-6-7-8-9-10-11-12-13-14-15-16-17-19-22-23(25(26)28)20-18-21-24(22)27(29)30/h18,20-21H,2-17,19H2,1H3,(H2,26,28). The van der Waals surface area contributed by atoms with Gasteiger partial charge in [-0.25, -0.2) is 0 Å². The second kappa shape index (κ2) is 16.8. The molecule has 30 heavy (non-hydrogen) atoms. The molecular formula is C25H42N2O3. The Hall–Kier alpha value is -1.91. The van der Waals surface area contributed by atoms with E-state index >= 15 is 0 Å². The highest BCUT2D eigenvalue weighted by molar-refractivity contribution is 5.95. The fourth-order valence-electron chi connectivity index (χ4n) is 4.09. The molecule has 0 spiro atoms. The molecule has 170 valence electrons. The van der Waals surface area contributed by atoms with E-state index in [1.807, 2.05) is 0 Å². The van der Waals surface area contributed by atoms with Crippen LogP contribution in [0, 0.1) is 10.1 Å². The van der Waals surface area contributed by atoms with E-state index in [0.717, 1.165) is 19.3 Å². The normalized spacial score (nSPS) is 11.0. The molecule has 0 aromatic heterocycles. The van der Waals surface area contributed by atoms with E-state index in [1.165, 1.54) is 95.6 Å². The maximum Gasteiger partial charge on any atom is 0.273 e. The molecule has 0 aliphatic heterocycles. The smallest absolute Gasteiger partial charge is 0.273 e. The molecule has 0 bridgehead atoms. The molecule has 5 heteroatoms. The highest BCUT2D eigenvalue weighted by Crippen LogP contribution is 2.24. The average Bonchev–Trinajstić information content (AvgIpc) is 2.73. The molecule has 0 unspecified atom stereocenters. The lowest BCUT2D eigenvalue weighted by molar-refractivity contribution is -0.385. The summed E-state index contributed by atoms with van der Waals surface area (Å²) >= 11 is 0. The van der Waals surface area contributed by atoms with Gasteiger partial charge in [-0.05, 0) is 18.9 Å². The van der Waals surface area contributed by atoms with Gasteiger partial charge in [-0.15, -0.1) is 0 Å². The van der Waals surface area contributed by atoms with Gasteiger partial charge in [0.15, 0.2) is 0 Å². The van der Waals surface area contributed by atoms with Crippen molar-refractivity contribution in [3.05, 3.63) is 39.4 Å². The van der Waals surface area contributed by atoms with Gasteiger partial charge in [0.05, 0.1) is 4.92 Å². The third kappa shape index (κ3) is 11.3. The number of rotatable bonds is 19. The van der Waals surface area contributed by atoms with Gasteiger partial charge in [0.2, 0.25) is 5.91 Å². The quantitative estimate of drug-likeness (QED) is 0.143. The van der Waals surface area contributed by atoms with E-state index in [2.05, 4.69) is 6.92 Å². The van der Waals surface area contributed by atoms with Crippen LogP contribution in [-0.4, -0.2) is 10.8 Å². The van der Waals surface area contributed by atoms with Crippen LogP contribution in [0.25, 0.3) is 0 Å². The summed E-state index contributed by atoms with van der Waals surface area (Å²) in [6, 6.07) is 4.56. The van der Waals surface area contributed by atoms with Crippen LogP contribution in [0.2, 0.25) is 0 Å². The van der Waals surface area contributed by atoms with Crippen molar-refractivity contribution >= 4 is 11.6 Å². The summed E-state index contributed by atoms with van der Waals surface area (Å²) in [5.41, 5.74) is 6.16. The number of nitrogens with two attached hydrogens (primary N) is 1. The first kappa shape index (κ1) is 26.1. The first-order chi connectivity index (χ1) is 14.6. The molecule has 1 aromatic carbocycles. The van der Waals surface area contributed by atoms with E-state index in [9.17, 15) is 14.9 Å². The van der Waals surface area contributed by atoms with Crippen molar-refractivity contribution in [3.8, 4) is 0 Å². The molecule has 5 nitrogen and oxygen atoms in total. The molecule has 1 amide bonds. The zero-order valence-electron chi connectivity index (χ0n) is 19.0. The van der Waals surface area contributed by atoms with Crippen LogP contribution in [-0.2, 0) is 6.42 Å². The van der Waals surface area contributed by atoms with Crippen molar-refractivity contribution in [1.82, 2.24) is 0 Å². The number of carbonyl (C=O) groups is 1. The Labute approximate surface area is 183 Å². The lowest BCUT2D eigenvalue weighted by atomic mass is 9.98. The van der Waals surface area contributed by atoms with E-state index < -0.39 is 10.8 Å². The van der Waals surface area contributed by atoms with Gasteiger partial charge < -0.3 is 5.73 Å². The van der Waals surface area contributed by atoms with Crippen LogP contribution in [0.1, 0.15) is 126 Å². The first-order valence-electron chi connectivity index (χ1n) is 12.1. The van der Waals surface area contributed by atoms with Gasteiger partial charge in [-0.1, -0.05) is 109 Å². The monoisotopic (exact) mass is 418 g/mol. The summed E-state index contributed by atoms with van der Waals surface area (Å²) in [6.45, 7) is 2.26. The van der Waals surface area contributed by atoms with E-state index in [4.69, 9.17) is 5.73 Å². The van der Waals surface area contributed by atoms with Gasteiger partial charge >= 0.3 is 0 Å². The van der Waals surface area contributed by atoms with Crippen LogP contribution >= 0.6 is 0 Å². The molecular weight excluding hydrogens is 376 g/mol. The molecule has 2 N–H and O–H groups in total. The fourth-order valence-corrected chi connectivity index (χ4v) is 4.09. The molecule has 1 aromatic rings. The highest BCUT2D eigenvalue weighted by Gasteiger charge is 2.19. The van der Waals surface area contributed by atoms with Crippen molar-refractivity contribution in [2.24, 2.45) is 5.73 Å². The number of benzene rings is 1. The zero-order chi connectivity index (χ0) is 22.0. The SMILES string of the molecule is CCCCCCCCCCCCCCCCCCc1c(C(N)=O)cccc1[N+](=O)[O-]. The predicted molar refractivity (Wildman–Crippen MR) is 125 cm³/mol. The largest absolute Gasteiger partial charge is 0.366 e. The minimum Gasteiger partial charge on any atom is -0.366 e. The molecule has 0 fully saturated rings. The van der Waals surface area contributed by atoms with Crippen molar-refractivity contribution in [2.45, 2.75) is 116 Å². The molecule has 0 atom stereocenters. The summed E-state index contributed by atoms with van der Waals surface area (Å²) in [6.07, 6.45) is 21.2. The Kier molecular flexibility index (Phi) is 14.7. The van der Waals surface area contributed by atoms with E-state index in [0.29, 0.717) is 12.0 Å². The number of nitro groups is 1. The Morgan fingerprint density at radius 1 is 0.800 bits per heavy atom. The number of hydrogen-bond donors (Lipinski definition) is 1. The molecule has 1 rings (SSSR count). The van der Waals surface area contributed by atoms with Crippen molar-refractivity contribution in [2.75, 3.05) is 0 Å². The Bertz CT molecular complexity index is 584. The van der Waals surface area contributed by atoms with Crippen molar-refractivity contribution in [3.63, 3.8) is 0 Å². The van der Waals surface area contributed by atoms with E-state index in [1.54, 1.807) is 6.07 Å². The van der Waals surface area contributed by atoms with Gasteiger partial charge in [-0.2, -0.15) is 0 Å². The van der Waals surface area contributed by atoms with Gasteiger partial charge in [0, 0.05) is 17.2 Å². The summed E-state index contributed by atoms with van der Waals surface area (Å²) < 4.78 is 0. The Morgan fingerprint density at radius 3 is 1.63 bits per heavy atom. The highest BCUT2D eigenvalue weighted by atomic mass is 16.6. The second-order valence-electron chi connectivity index (χ2n) is 8.48. The minimum absolute atomic E-state index is 0.00672. The summed E-state index contributed by atoms with van der Waals surface area (Å²) in [7, 11) is 0. The van der Waals surface area contributed by atoms with E-state index in [-0.39, 0.29) is 11.3 Å². The molecule has 0 saturated carbocycles. The van der Waals surface area contributed by atoms with Crippen molar-refractivity contribution < 1.29 is 9.72 Å². The fraction of sp³-hybridized carbons (Fsp3) is 0.720. The number of amides is 1. The minimum atomic E-state index is -0.592. The van der Waals surface area contributed by atoms with Gasteiger partial charge in [0.1, 0.15) is 0 Å². The number of carbonyl (C=O) groups excluding carboxylic acids is 1. The molecule has 0 aliphatic carbocycles. The topological polar surface area (TPSA) is 86.2 Å². The Morgan fingerprint density at radius 2 is 1.23 bits per heavy atom. The van der Waals surface area contributed by atoms with Crippen molar-refractivity contribution in [1.29, 1.82) is 0 Å². The van der Waals surface area contributed by atoms with Crippen LogP contribution < -0.4 is 5.73 Å². The summed E-state index contributed by atoms with van der Waals surface area (Å²) in [4.78, 5) is 22.4. The zero-order valence-corrected chi connectivity index (χ0v) is 19.0. The molecule has 0 heterocycles. The van der Waals surface area contributed by atoms with Crippen LogP contribution in [0.15, 0.2) is 18.2 Å². The number of hydrogen-bond acceptors (Lipinski definition) is 3. The summed E-state index contributed by atoms with van der Waals surface area (Å²) in [5, 5.41) is 11.2. The number of unbranched alkanes of at least 4 members (excludes halogenated alkanes) is 15. The average molecular weight is 419 g/mol. The molecule has 0 saturated heterocycles. The molecule has 0 radical (unpaired) electrons. The number of nitrogens with zero attached hydrogens (tertiary/aromatic N) is 1. The van der Waals surface area contributed by atoms with Gasteiger partial charge in [0.25, 0.3) is 5.69 Å². The summed E-state index contributed by atoms with van der Waals surface area (Å²) in [5.74, 6) is -0.592. The van der Waals surface area contributed by atoms with Gasteiger partial charge in [-0.3, -0.25) is 14.9 Å². The lowest BCUT2D eigenvalue weighted by Gasteiger charge is -2.08. The predicted octanol–water partition coefficient (Wildman–Crippen LogP) is 7.50. The molecule has 0 aliphatic rings. The van der Waals surface area contributed by atoms with Crippen LogP contribution in [0.5, 0.6) is 0 Å². The third-order valence-corrected chi connectivity index (χ3v) is 5.89. The lowest BCUT2D eigenvalue weighted by Crippen LogP contribution is -2.15. The number of primary amides is 1. The van der Waals surface area contributed by atoms with Crippen LogP contribution in [0.3, 0.4) is 0 Å². The third-order valence-electron chi connectivity index (χ3n) is 5.89. The maximum atomic E-state index is 11.6. The first-order valence-corrected chi connectivity index (χ1v) is 12.1. The van der Waals surface area contributed by atoms with Crippen LogP contribution in [0.4, 0.5) is 5.69 Å². The Balaban J connectivity index is 2.04. The maximum absolute atomic E-state index is 11.6. The number of nitro benzene ring substituents is 1. The second-order valence-corrected chi connectivity index (χ2v) is 8.48.